The van der Waals surface area contributed by atoms with Gasteiger partial charge in [-0.2, -0.15) is 0 Å². The highest BCUT2D eigenvalue weighted by molar-refractivity contribution is 14.1. The molecule has 2 unspecified atom stereocenters. The SMILES string of the molecule is CC1CCC(CN2C(=O)CCCc3cc(I)ccc32)O1. The predicted octanol–water partition coefficient (Wildman–Crippen LogP) is 3.53. The molecule has 3 rings (SSSR count). The largest absolute Gasteiger partial charge is 0.373 e. The van der Waals surface area contributed by atoms with Crippen molar-refractivity contribution in [2.45, 2.75) is 51.2 Å². The number of anilines is 1. The van der Waals surface area contributed by atoms with Gasteiger partial charge < -0.3 is 9.64 Å². The summed E-state index contributed by atoms with van der Waals surface area (Å²) >= 11 is 2.34. The molecule has 0 bridgehead atoms. The molecule has 0 spiro atoms. The standard InChI is InChI=1S/C16H20INO2/c1-11-5-7-14(20-11)10-18-15-8-6-13(17)9-12(15)3-2-4-16(18)19/h6,8-9,11,14H,2-5,7,10H2,1H3. The second kappa shape index (κ2) is 6.02. The van der Waals surface area contributed by atoms with Crippen molar-refractivity contribution in [1.82, 2.24) is 0 Å². The van der Waals surface area contributed by atoms with Gasteiger partial charge in [0.05, 0.1) is 18.8 Å². The molecule has 108 valence electrons. The molecule has 1 aromatic rings. The fraction of sp³-hybridized carbons (Fsp3) is 0.562. The van der Waals surface area contributed by atoms with Crippen LogP contribution in [-0.2, 0) is 16.0 Å². The van der Waals surface area contributed by atoms with Crippen molar-refractivity contribution in [3.63, 3.8) is 0 Å². The summed E-state index contributed by atoms with van der Waals surface area (Å²) in [5, 5.41) is 0. The van der Waals surface area contributed by atoms with Gasteiger partial charge in [-0.25, -0.2) is 0 Å². The quantitative estimate of drug-likeness (QED) is 0.730. The molecule has 2 atom stereocenters. The number of rotatable bonds is 2. The minimum absolute atomic E-state index is 0.194. The number of fused-ring (bicyclic) bond motifs is 1. The summed E-state index contributed by atoms with van der Waals surface area (Å²) in [4.78, 5) is 14.4. The van der Waals surface area contributed by atoms with E-state index in [9.17, 15) is 4.79 Å². The zero-order valence-corrected chi connectivity index (χ0v) is 13.9. The second-order valence-electron chi connectivity index (χ2n) is 5.78. The van der Waals surface area contributed by atoms with Gasteiger partial charge in [0.1, 0.15) is 0 Å². The summed E-state index contributed by atoms with van der Waals surface area (Å²) in [6.45, 7) is 2.82. The number of ether oxygens (including phenoxy) is 1. The van der Waals surface area contributed by atoms with Gasteiger partial charge in [-0.15, -0.1) is 0 Å². The van der Waals surface area contributed by atoms with E-state index in [4.69, 9.17) is 4.74 Å². The monoisotopic (exact) mass is 385 g/mol. The Kier molecular flexibility index (Phi) is 4.31. The van der Waals surface area contributed by atoms with Crippen molar-refractivity contribution in [3.05, 3.63) is 27.3 Å². The molecular weight excluding hydrogens is 365 g/mol. The Hall–Kier alpha value is -0.620. The molecule has 2 heterocycles. The van der Waals surface area contributed by atoms with Crippen LogP contribution in [0.2, 0.25) is 0 Å². The van der Waals surface area contributed by atoms with Crippen molar-refractivity contribution in [2.75, 3.05) is 11.4 Å². The summed E-state index contributed by atoms with van der Waals surface area (Å²) in [5.41, 5.74) is 2.39. The molecule has 0 radical (unpaired) electrons. The topological polar surface area (TPSA) is 29.5 Å². The molecule has 1 amide bonds. The van der Waals surface area contributed by atoms with E-state index in [1.807, 2.05) is 4.90 Å². The van der Waals surface area contributed by atoms with Crippen LogP contribution in [0.15, 0.2) is 18.2 Å². The van der Waals surface area contributed by atoms with E-state index >= 15 is 0 Å². The van der Waals surface area contributed by atoms with Crippen molar-refractivity contribution in [1.29, 1.82) is 0 Å². The Morgan fingerprint density at radius 2 is 2.20 bits per heavy atom. The molecule has 1 saturated heterocycles. The lowest BCUT2D eigenvalue weighted by Gasteiger charge is -2.26. The molecule has 2 aliphatic rings. The minimum atomic E-state index is 0.194. The van der Waals surface area contributed by atoms with Gasteiger partial charge in [-0.3, -0.25) is 4.79 Å². The number of amides is 1. The first kappa shape index (κ1) is 14.3. The minimum Gasteiger partial charge on any atom is -0.373 e. The van der Waals surface area contributed by atoms with Crippen LogP contribution in [0.4, 0.5) is 5.69 Å². The first-order chi connectivity index (χ1) is 9.63. The first-order valence-electron chi connectivity index (χ1n) is 7.38. The number of nitrogens with zero attached hydrogens (tertiary/aromatic N) is 1. The highest BCUT2D eigenvalue weighted by Gasteiger charge is 2.29. The Morgan fingerprint density at radius 3 is 2.95 bits per heavy atom. The van der Waals surface area contributed by atoms with Crippen LogP contribution in [0.5, 0.6) is 0 Å². The third-order valence-corrected chi connectivity index (χ3v) is 4.85. The van der Waals surface area contributed by atoms with Gasteiger partial charge >= 0.3 is 0 Å². The lowest BCUT2D eigenvalue weighted by Crippen LogP contribution is -2.37. The zero-order valence-electron chi connectivity index (χ0n) is 11.8. The molecule has 4 heteroatoms. The molecule has 20 heavy (non-hydrogen) atoms. The van der Waals surface area contributed by atoms with E-state index in [1.165, 1.54) is 9.13 Å². The first-order valence-corrected chi connectivity index (χ1v) is 8.45. The van der Waals surface area contributed by atoms with Gasteiger partial charge in [0.25, 0.3) is 0 Å². The fourth-order valence-electron chi connectivity index (χ4n) is 3.14. The maximum Gasteiger partial charge on any atom is 0.227 e. The summed E-state index contributed by atoms with van der Waals surface area (Å²) in [7, 11) is 0. The van der Waals surface area contributed by atoms with Crippen molar-refractivity contribution < 1.29 is 9.53 Å². The van der Waals surface area contributed by atoms with Crippen LogP contribution < -0.4 is 4.90 Å². The van der Waals surface area contributed by atoms with E-state index < -0.39 is 0 Å². The number of aryl methyl sites for hydroxylation is 1. The molecule has 0 N–H and O–H groups in total. The van der Waals surface area contributed by atoms with E-state index in [0.29, 0.717) is 19.1 Å². The van der Waals surface area contributed by atoms with Gasteiger partial charge in [0, 0.05) is 15.7 Å². The second-order valence-corrected chi connectivity index (χ2v) is 7.02. The number of carbonyl (C=O) groups excluding carboxylic acids is 1. The lowest BCUT2D eigenvalue weighted by atomic mass is 10.1. The number of hydrogen-bond donors (Lipinski definition) is 0. The van der Waals surface area contributed by atoms with Crippen LogP contribution in [-0.4, -0.2) is 24.7 Å². The molecule has 0 saturated carbocycles. The number of hydrogen-bond acceptors (Lipinski definition) is 2. The number of carbonyl (C=O) groups is 1. The molecule has 3 nitrogen and oxygen atoms in total. The molecule has 0 aliphatic carbocycles. The lowest BCUT2D eigenvalue weighted by molar-refractivity contribution is -0.119. The van der Waals surface area contributed by atoms with Gasteiger partial charge in [0.15, 0.2) is 0 Å². The third-order valence-electron chi connectivity index (χ3n) is 4.18. The molecular formula is C16H20INO2. The molecule has 1 aromatic carbocycles. The number of benzene rings is 1. The van der Waals surface area contributed by atoms with E-state index in [2.05, 4.69) is 47.7 Å². The van der Waals surface area contributed by atoms with Gasteiger partial charge in [-0.1, -0.05) is 0 Å². The van der Waals surface area contributed by atoms with E-state index in [1.54, 1.807) is 0 Å². The average molecular weight is 385 g/mol. The Bertz CT molecular complexity index is 517. The maximum absolute atomic E-state index is 12.4. The molecule has 1 fully saturated rings. The van der Waals surface area contributed by atoms with Crippen LogP contribution in [0.1, 0.15) is 38.2 Å². The van der Waals surface area contributed by atoms with Crippen LogP contribution in [0, 0.1) is 3.57 Å². The highest BCUT2D eigenvalue weighted by atomic mass is 127. The summed E-state index contributed by atoms with van der Waals surface area (Å²) in [6, 6.07) is 6.39. The molecule has 0 aromatic heterocycles. The van der Waals surface area contributed by atoms with Crippen LogP contribution >= 0.6 is 22.6 Å². The molecule has 2 aliphatic heterocycles. The maximum atomic E-state index is 12.4. The van der Waals surface area contributed by atoms with Crippen LogP contribution in [0.25, 0.3) is 0 Å². The predicted molar refractivity (Wildman–Crippen MR) is 88.0 cm³/mol. The third kappa shape index (κ3) is 3.01. The zero-order chi connectivity index (χ0) is 14.1. The van der Waals surface area contributed by atoms with Crippen LogP contribution in [0.3, 0.4) is 0 Å². The number of halogens is 1. The van der Waals surface area contributed by atoms with Crippen molar-refractivity contribution in [3.8, 4) is 0 Å². The van der Waals surface area contributed by atoms with Gasteiger partial charge in [-0.05, 0) is 79.0 Å². The summed E-state index contributed by atoms with van der Waals surface area (Å²) in [6.07, 6.45) is 5.28. The average Bonchev–Trinajstić information content (AvgIpc) is 2.75. The fourth-order valence-corrected chi connectivity index (χ4v) is 3.70. The van der Waals surface area contributed by atoms with E-state index in [-0.39, 0.29) is 12.0 Å². The summed E-state index contributed by atoms with van der Waals surface area (Å²) < 4.78 is 7.13. The Balaban J connectivity index is 1.86. The highest BCUT2D eigenvalue weighted by Crippen LogP contribution is 2.30. The summed E-state index contributed by atoms with van der Waals surface area (Å²) in [5.74, 6) is 0.244. The van der Waals surface area contributed by atoms with Gasteiger partial charge in [0.2, 0.25) is 5.91 Å². The van der Waals surface area contributed by atoms with Crippen molar-refractivity contribution in [2.24, 2.45) is 0 Å². The smallest absolute Gasteiger partial charge is 0.227 e. The Morgan fingerprint density at radius 1 is 1.35 bits per heavy atom. The Labute approximate surface area is 133 Å². The van der Waals surface area contributed by atoms with Crippen molar-refractivity contribution >= 4 is 34.2 Å². The normalized spacial score (nSPS) is 26.5. The van der Waals surface area contributed by atoms with E-state index in [0.717, 1.165) is 31.4 Å².